The highest BCUT2D eigenvalue weighted by Crippen LogP contribution is 2.31. The number of phenols is 1. The minimum atomic E-state index is -0.726. The number of ether oxygens (including phenoxy) is 1. The van der Waals surface area contributed by atoms with Gasteiger partial charge in [0.15, 0.2) is 17.3 Å². The van der Waals surface area contributed by atoms with Crippen molar-refractivity contribution in [3.05, 3.63) is 74.4 Å². The average molecular weight is 416 g/mol. The monoisotopic (exact) mass is 415 g/mol. The highest BCUT2D eigenvalue weighted by molar-refractivity contribution is 6.30. The van der Waals surface area contributed by atoms with Crippen molar-refractivity contribution >= 4 is 11.6 Å². The fraction of sp³-hybridized carbons (Fsp3) is 0.238. The van der Waals surface area contributed by atoms with Crippen LogP contribution in [0.15, 0.2) is 41.2 Å². The molecule has 0 atom stereocenters. The summed E-state index contributed by atoms with van der Waals surface area (Å²) in [6.07, 6.45) is 0.552. The molecule has 0 saturated carbocycles. The first-order chi connectivity index (χ1) is 13.9. The maximum atomic E-state index is 13.9. The summed E-state index contributed by atoms with van der Waals surface area (Å²) < 4.78 is 19.0. The van der Waals surface area contributed by atoms with Crippen LogP contribution < -0.4 is 10.3 Å². The Hall–Kier alpha value is -2.90. The molecule has 1 aromatic heterocycles. The number of phenolic OH excluding ortho intramolecular Hbond substituents is 1. The maximum absolute atomic E-state index is 13.9. The van der Waals surface area contributed by atoms with E-state index in [0.717, 1.165) is 5.56 Å². The Morgan fingerprint density at radius 2 is 2.07 bits per heavy atom. The molecule has 0 radical (unpaired) electrons. The second kappa shape index (κ2) is 7.85. The van der Waals surface area contributed by atoms with Crippen LogP contribution in [-0.2, 0) is 19.5 Å². The van der Waals surface area contributed by atoms with Crippen molar-refractivity contribution in [1.82, 2.24) is 14.9 Å². The van der Waals surface area contributed by atoms with Crippen molar-refractivity contribution in [2.24, 2.45) is 0 Å². The molecule has 0 spiro atoms. The minimum absolute atomic E-state index is 0.0944. The molecule has 0 bridgehead atoms. The minimum Gasteiger partial charge on any atom is -0.502 e. The zero-order valence-corrected chi connectivity index (χ0v) is 16.5. The summed E-state index contributed by atoms with van der Waals surface area (Å²) in [5.41, 5.74) is 2.68. The quantitative estimate of drug-likeness (QED) is 0.681. The van der Waals surface area contributed by atoms with Crippen molar-refractivity contribution in [2.75, 3.05) is 13.7 Å². The first-order valence-corrected chi connectivity index (χ1v) is 9.48. The Kier molecular flexibility index (Phi) is 5.25. The Balaban J connectivity index is 1.60. The predicted octanol–water partition coefficient (Wildman–Crippen LogP) is 3.50. The normalized spacial score (nSPS) is 13.9. The summed E-state index contributed by atoms with van der Waals surface area (Å²) in [6, 6.07) is 10.00. The van der Waals surface area contributed by atoms with E-state index in [1.807, 2.05) is 0 Å². The third-order valence-corrected chi connectivity index (χ3v) is 5.24. The molecule has 0 aliphatic carbocycles. The molecule has 2 N–H and O–H groups in total. The van der Waals surface area contributed by atoms with E-state index in [9.17, 15) is 14.3 Å². The molecule has 0 saturated heterocycles. The van der Waals surface area contributed by atoms with Gasteiger partial charge in [0, 0.05) is 35.8 Å². The number of H-pyrrole nitrogens is 1. The number of halogens is 2. The van der Waals surface area contributed by atoms with E-state index in [1.165, 1.54) is 13.2 Å². The second-order valence-electron chi connectivity index (χ2n) is 6.94. The van der Waals surface area contributed by atoms with E-state index in [1.54, 1.807) is 30.3 Å². The van der Waals surface area contributed by atoms with Gasteiger partial charge < -0.3 is 14.8 Å². The first-order valence-electron chi connectivity index (χ1n) is 9.10. The molecule has 1 aliphatic rings. The number of nitrogens with zero attached hydrogens (tertiary/aromatic N) is 2. The molecule has 2 aromatic carbocycles. The number of hydrogen-bond acceptors (Lipinski definition) is 5. The van der Waals surface area contributed by atoms with Gasteiger partial charge in [-0.05, 0) is 48.4 Å². The number of hydrogen-bond donors (Lipinski definition) is 2. The molecule has 6 nitrogen and oxygen atoms in total. The summed E-state index contributed by atoms with van der Waals surface area (Å²) in [6.45, 7) is 1.55. The molecule has 2 heterocycles. The van der Waals surface area contributed by atoms with Crippen molar-refractivity contribution in [3.8, 4) is 22.9 Å². The summed E-state index contributed by atoms with van der Waals surface area (Å²) in [7, 11) is 1.38. The molecule has 0 fully saturated rings. The zero-order valence-electron chi connectivity index (χ0n) is 15.7. The van der Waals surface area contributed by atoms with E-state index < -0.39 is 11.6 Å². The fourth-order valence-electron chi connectivity index (χ4n) is 3.51. The van der Waals surface area contributed by atoms with Gasteiger partial charge in [-0.3, -0.25) is 9.69 Å². The lowest BCUT2D eigenvalue weighted by atomic mass is 10.0. The predicted molar refractivity (Wildman–Crippen MR) is 108 cm³/mol. The van der Waals surface area contributed by atoms with Gasteiger partial charge in [-0.1, -0.05) is 11.6 Å². The first kappa shape index (κ1) is 19.4. The lowest BCUT2D eigenvalue weighted by Crippen LogP contribution is -2.35. The maximum Gasteiger partial charge on any atom is 0.254 e. The molecular formula is C21H19ClFN3O3. The van der Waals surface area contributed by atoms with Gasteiger partial charge >= 0.3 is 0 Å². The standard InChI is InChI=1S/C21H19ClFN3O3/c1-29-18-9-12(8-16(23)19(18)27)10-26-7-6-15-17(11-26)24-20(25-21(15)28)13-2-4-14(22)5-3-13/h2-5,8-9,27H,6-7,10-11H2,1H3,(H,24,25,28). The summed E-state index contributed by atoms with van der Waals surface area (Å²) in [5, 5.41) is 10.3. The van der Waals surface area contributed by atoms with Crippen molar-refractivity contribution in [3.63, 3.8) is 0 Å². The molecule has 1 aliphatic heterocycles. The second-order valence-corrected chi connectivity index (χ2v) is 7.37. The highest BCUT2D eigenvalue weighted by atomic mass is 35.5. The number of aromatic nitrogens is 2. The van der Waals surface area contributed by atoms with Gasteiger partial charge in [0.25, 0.3) is 5.56 Å². The van der Waals surface area contributed by atoms with Crippen LogP contribution in [0.25, 0.3) is 11.4 Å². The Bertz CT molecular complexity index is 1120. The van der Waals surface area contributed by atoms with Crippen LogP contribution in [0.1, 0.15) is 16.8 Å². The number of aromatic hydroxyl groups is 1. The third-order valence-electron chi connectivity index (χ3n) is 4.98. The van der Waals surface area contributed by atoms with Crippen LogP contribution in [0.4, 0.5) is 4.39 Å². The van der Waals surface area contributed by atoms with E-state index >= 15 is 0 Å². The molecule has 8 heteroatoms. The van der Waals surface area contributed by atoms with Gasteiger partial charge in [-0.2, -0.15) is 0 Å². The molecule has 4 rings (SSSR count). The van der Waals surface area contributed by atoms with Gasteiger partial charge in [0.1, 0.15) is 5.82 Å². The average Bonchev–Trinajstić information content (AvgIpc) is 2.70. The van der Waals surface area contributed by atoms with Crippen LogP contribution in [0, 0.1) is 5.82 Å². The van der Waals surface area contributed by atoms with Crippen molar-refractivity contribution < 1.29 is 14.2 Å². The molecule has 29 heavy (non-hydrogen) atoms. The lowest BCUT2D eigenvalue weighted by Gasteiger charge is -2.28. The number of rotatable bonds is 4. The van der Waals surface area contributed by atoms with Crippen LogP contribution >= 0.6 is 11.6 Å². The SMILES string of the molecule is COc1cc(CN2CCc3c(nc(-c4ccc(Cl)cc4)[nH]c3=O)C2)cc(F)c1O. The Morgan fingerprint density at radius 1 is 1.31 bits per heavy atom. The Labute approximate surface area is 171 Å². The summed E-state index contributed by atoms with van der Waals surface area (Å²) in [4.78, 5) is 22.1. The number of methoxy groups -OCH3 is 1. The molecule has 150 valence electrons. The number of benzene rings is 2. The molecule has 0 unspecified atom stereocenters. The zero-order chi connectivity index (χ0) is 20.5. The van der Waals surface area contributed by atoms with E-state index in [0.29, 0.717) is 53.7 Å². The smallest absolute Gasteiger partial charge is 0.254 e. The van der Waals surface area contributed by atoms with Crippen molar-refractivity contribution in [1.29, 1.82) is 0 Å². The number of fused-ring (bicyclic) bond motifs is 1. The molecular weight excluding hydrogens is 397 g/mol. The highest BCUT2D eigenvalue weighted by Gasteiger charge is 2.22. The van der Waals surface area contributed by atoms with E-state index in [4.69, 9.17) is 16.3 Å². The molecule has 3 aromatic rings. The molecule has 0 amide bonds. The van der Waals surface area contributed by atoms with Crippen molar-refractivity contribution in [2.45, 2.75) is 19.5 Å². The van der Waals surface area contributed by atoms with E-state index in [2.05, 4.69) is 14.9 Å². The number of aromatic amines is 1. The van der Waals surface area contributed by atoms with Gasteiger partial charge in [-0.25, -0.2) is 9.37 Å². The van der Waals surface area contributed by atoms with E-state index in [-0.39, 0.29) is 11.3 Å². The van der Waals surface area contributed by atoms with Crippen LogP contribution in [0.5, 0.6) is 11.5 Å². The van der Waals surface area contributed by atoms with Crippen LogP contribution in [0.3, 0.4) is 0 Å². The van der Waals surface area contributed by atoms with Gasteiger partial charge in [-0.15, -0.1) is 0 Å². The Morgan fingerprint density at radius 3 is 2.79 bits per heavy atom. The van der Waals surface area contributed by atoms with Gasteiger partial charge in [0.2, 0.25) is 0 Å². The largest absolute Gasteiger partial charge is 0.502 e. The van der Waals surface area contributed by atoms with Gasteiger partial charge in [0.05, 0.1) is 12.8 Å². The topological polar surface area (TPSA) is 78.5 Å². The fourth-order valence-corrected chi connectivity index (χ4v) is 3.63. The van der Waals surface area contributed by atoms with Crippen LogP contribution in [0.2, 0.25) is 5.02 Å². The van der Waals surface area contributed by atoms with Crippen LogP contribution in [-0.4, -0.2) is 33.6 Å². The third kappa shape index (κ3) is 3.97. The summed E-state index contributed by atoms with van der Waals surface area (Å²) >= 11 is 5.93. The number of nitrogens with one attached hydrogen (secondary N) is 1. The lowest BCUT2D eigenvalue weighted by molar-refractivity contribution is 0.239. The summed E-state index contributed by atoms with van der Waals surface area (Å²) in [5.74, 6) is -0.640.